The zero-order chi connectivity index (χ0) is 16.4. The largest absolute Gasteiger partial charge is 0.507 e. The molecular formula is C15H11BrN4O2S. The lowest BCUT2D eigenvalue weighted by Crippen LogP contribution is -1.95. The van der Waals surface area contributed by atoms with Gasteiger partial charge in [-0.3, -0.25) is 0 Å². The average Bonchev–Trinajstić information content (AvgIpc) is 2.91. The minimum atomic E-state index is -0.0919. The first-order valence-electron chi connectivity index (χ1n) is 6.55. The third-order valence-electron chi connectivity index (χ3n) is 3.09. The molecule has 23 heavy (non-hydrogen) atoms. The van der Waals surface area contributed by atoms with Gasteiger partial charge in [0.2, 0.25) is 4.77 Å². The van der Waals surface area contributed by atoms with Crippen molar-refractivity contribution in [3.8, 4) is 22.9 Å². The van der Waals surface area contributed by atoms with Crippen LogP contribution in [0.25, 0.3) is 11.4 Å². The van der Waals surface area contributed by atoms with Gasteiger partial charge in [0.05, 0.1) is 10.7 Å². The quantitative estimate of drug-likeness (QED) is 0.470. The fraction of sp³-hybridized carbons (Fsp3) is 0. The molecule has 0 fully saturated rings. The van der Waals surface area contributed by atoms with Crippen LogP contribution in [0.1, 0.15) is 5.56 Å². The summed E-state index contributed by atoms with van der Waals surface area (Å²) in [5, 5.41) is 30.5. The van der Waals surface area contributed by atoms with Gasteiger partial charge in [0, 0.05) is 17.2 Å². The number of hydrogen-bond donors (Lipinski definition) is 3. The van der Waals surface area contributed by atoms with Crippen LogP contribution in [0.15, 0.2) is 52.0 Å². The smallest absolute Gasteiger partial charge is 0.216 e. The van der Waals surface area contributed by atoms with Gasteiger partial charge in [-0.2, -0.15) is 14.9 Å². The molecule has 1 aromatic heterocycles. The Hall–Kier alpha value is -2.45. The van der Waals surface area contributed by atoms with Crippen LogP contribution >= 0.6 is 28.1 Å². The lowest BCUT2D eigenvalue weighted by Gasteiger charge is -2.03. The van der Waals surface area contributed by atoms with Crippen LogP contribution in [0.3, 0.4) is 0 Å². The topological polar surface area (TPSA) is 86.4 Å². The number of phenols is 2. The summed E-state index contributed by atoms with van der Waals surface area (Å²) >= 11 is 8.38. The Bertz CT molecular complexity index is 934. The first kappa shape index (κ1) is 15.4. The van der Waals surface area contributed by atoms with E-state index in [0.29, 0.717) is 20.6 Å². The monoisotopic (exact) mass is 390 g/mol. The van der Waals surface area contributed by atoms with E-state index in [-0.39, 0.29) is 11.5 Å². The van der Waals surface area contributed by atoms with E-state index < -0.39 is 0 Å². The van der Waals surface area contributed by atoms with Gasteiger partial charge in [0.1, 0.15) is 11.5 Å². The number of aromatic amines is 1. The van der Waals surface area contributed by atoms with E-state index in [2.05, 4.69) is 31.2 Å². The van der Waals surface area contributed by atoms with Gasteiger partial charge in [-0.05, 0) is 34.2 Å². The van der Waals surface area contributed by atoms with E-state index in [1.54, 1.807) is 6.07 Å². The van der Waals surface area contributed by atoms with E-state index in [1.807, 2.05) is 30.3 Å². The van der Waals surface area contributed by atoms with Gasteiger partial charge < -0.3 is 10.2 Å². The van der Waals surface area contributed by atoms with Crippen molar-refractivity contribution in [3.63, 3.8) is 0 Å². The first-order valence-corrected chi connectivity index (χ1v) is 7.75. The summed E-state index contributed by atoms with van der Waals surface area (Å²) in [7, 11) is 0. The van der Waals surface area contributed by atoms with Crippen molar-refractivity contribution < 1.29 is 10.2 Å². The molecule has 3 rings (SSSR count). The Morgan fingerprint density at radius 2 is 1.91 bits per heavy atom. The number of rotatable bonds is 3. The second-order valence-electron chi connectivity index (χ2n) is 4.64. The molecule has 8 heteroatoms. The van der Waals surface area contributed by atoms with E-state index in [0.717, 1.165) is 5.56 Å². The number of halogens is 1. The van der Waals surface area contributed by atoms with Crippen LogP contribution < -0.4 is 0 Å². The molecule has 0 saturated carbocycles. The maximum absolute atomic E-state index is 9.87. The maximum Gasteiger partial charge on any atom is 0.216 e. The predicted octanol–water partition coefficient (Wildman–Crippen LogP) is 3.66. The third-order valence-corrected chi connectivity index (χ3v) is 3.99. The maximum atomic E-state index is 9.87. The van der Waals surface area contributed by atoms with Gasteiger partial charge in [-0.15, -0.1) is 0 Å². The summed E-state index contributed by atoms with van der Waals surface area (Å²) in [5.74, 6) is 0.416. The molecule has 1 heterocycles. The van der Waals surface area contributed by atoms with Crippen molar-refractivity contribution in [2.24, 2.45) is 5.10 Å². The van der Waals surface area contributed by atoms with Crippen molar-refractivity contribution in [2.45, 2.75) is 0 Å². The molecule has 0 atom stereocenters. The van der Waals surface area contributed by atoms with E-state index >= 15 is 0 Å². The first-order chi connectivity index (χ1) is 11.1. The number of nitrogens with one attached hydrogen (secondary N) is 1. The molecule has 3 N–H and O–H groups in total. The van der Waals surface area contributed by atoms with E-state index in [1.165, 1.54) is 17.0 Å². The van der Waals surface area contributed by atoms with Crippen LogP contribution in [-0.4, -0.2) is 31.3 Å². The second-order valence-corrected chi connectivity index (χ2v) is 5.88. The minimum absolute atomic E-state index is 0.0513. The number of H-pyrrole nitrogens is 1. The van der Waals surface area contributed by atoms with Gasteiger partial charge in [-0.25, -0.2) is 5.10 Å². The summed E-state index contributed by atoms with van der Waals surface area (Å²) in [6.07, 6.45) is 1.44. The lowest BCUT2D eigenvalue weighted by molar-refractivity contribution is 0.448. The van der Waals surface area contributed by atoms with Crippen molar-refractivity contribution in [1.82, 2.24) is 14.9 Å². The molecule has 0 aliphatic carbocycles. The lowest BCUT2D eigenvalue weighted by atomic mass is 10.2. The minimum Gasteiger partial charge on any atom is -0.507 e. The molecule has 116 valence electrons. The molecule has 0 radical (unpaired) electrons. The van der Waals surface area contributed by atoms with Crippen molar-refractivity contribution in [3.05, 3.63) is 57.3 Å². The molecule has 0 spiro atoms. The highest BCUT2D eigenvalue weighted by Crippen LogP contribution is 2.30. The molecule has 2 aromatic carbocycles. The zero-order valence-corrected chi connectivity index (χ0v) is 14.0. The number of aromatic hydroxyl groups is 2. The van der Waals surface area contributed by atoms with Gasteiger partial charge >= 0.3 is 0 Å². The van der Waals surface area contributed by atoms with E-state index in [9.17, 15) is 10.2 Å². The summed E-state index contributed by atoms with van der Waals surface area (Å²) in [6.45, 7) is 0. The van der Waals surface area contributed by atoms with Gasteiger partial charge in [0.25, 0.3) is 0 Å². The zero-order valence-electron chi connectivity index (χ0n) is 11.6. The Morgan fingerprint density at radius 1 is 1.17 bits per heavy atom. The highest BCUT2D eigenvalue weighted by molar-refractivity contribution is 9.10. The molecule has 0 amide bonds. The predicted molar refractivity (Wildman–Crippen MR) is 93.3 cm³/mol. The molecule has 3 aromatic rings. The molecule has 0 aliphatic heterocycles. The molecule has 0 bridgehead atoms. The standard InChI is InChI=1S/C15H11BrN4O2S/c16-11-6-10(12(21)7-13(11)22)8-17-20-14(18-19-15(20)23)9-4-2-1-3-5-9/h1-8,21-22H,(H,19,23). The third kappa shape index (κ3) is 3.17. The Labute approximate surface area is 144 Å². The Morgan fingerprint density at radius 3 is 2.65 bits per heavy atom. The number of phenolic OH excluding ortho intramolecular Hbond substituents is 2. The number of benzene rings is 2. The van der Waals surface area contributed by atoms with Crippen molar-refractivity contribution >= 4 is 34.4 Å². The van der Waals surface area contributed by atoms with Crippen LogP contribution in [0, 0.1) is 4.77 Å². The van der Waals surface area contributed by atoms with Crippen LogP contribution in [-0.2, 0) is 0 Å². The highest BCUT2D eigenvalue weighted by Gasteiger charge is 2.08. The van der Waals surface area contributed by atoms with Crippen molar-refractivity contribution in [2.75, 3.05) is 0 Å². The summed E-state index contributed by atoms with van der Waals surface area (Å²) in [5.41, 5.74) is 1.28. The Kier molecular flexibility index (Phi) is 4.26. The summed E-state index contributed by atoms with van der Waals surface area (Å²) in [4.78, 5) is 0. The highest BCUT2D eigenvalue weighted by atomic mass is 79.9. The molecule has 0 aliphatic rings. The van der Waals surface area contributed by atoms with Crippen molar-refractivity contribution in [1.29, 1.82) is 0 Å². The SMILES string of the molecule is Oc1cc(O)c(C=Nn2c(-c3ccccc3)n[nH]c2=S)cc1Br. The molecule has 0 unspecified atom stereocenters. The summed E-state index contributed by atoms with van der Waals surface area (Å²) in [6, 6.07) is 12.3. The Balaban J connectivity index is 2.03. The fourth-order valence-electron chi connectivity index (χ4n) is 1.96. The van der Waals surface area contributed by atoms with E-state index in [4.69, 9.17) is 12.2 Å². The van der Waals surface area contributed by atoms with Gasteiger partial charge in [0.15, 0.2) is 5.82 Å². The van der Waals surface area contributed by atoms with Gasteiger partial charge in [-0.1, -0.05) is 30.3 Å². The fourth-order valence-corrected chi connectivity index (χ4v) is 2.50. The average molecular weight is 391 g/mol. The molecule has 6 nitrogen and oxygen atoms in total. The number of hydrogen-bond acceptors (Lipinski definition) is 5. The number of aromatic nitrogens is 3. The molecule has 0 saturated heterocycles. The van der Waals surface area contributed by atoms with Crippen LogP contribution in [0.4, 0.5) is 0 Å². The normalized spacial score (nSPS) is 11.2. The second kappa shape index (κ2) is 6.35. The number of nitrogens with zero attached hydrogens (tertiary/aromatic N) is 3. The summed E-state index contributed by atoms with van der Waals surface area (Å²) < 4.78 is 2.25. The van der Waals surface area contributed by atoms with Crippen LogP contribution in [0.5, 0.6) is 11.5 Å². The molecular weight excluding hydrogens is 380 g/mol. The van der Waals surface area contributed by atoms with Crippen LogP contribution in [0.2, 0.25) is 0 Å².